The summed E-state index contributed by atoms with van der Waals surface area (Å²) in [7, 11) is 0. The standard InChI is InChI=1S/C7H11NS2/c1-5(2)6-4-10-7(3-9)8-6/h4-5,9H,3H2,1-2H3. The fourth-order valence-electron chi connectivity index (χ4n) is 0.663. The van der Waals surface area contributed by atoms with Crippen molar-refractivity contribution in [2.45, 2.75) is 25.5 Å². The molecular formula is C7H11NS2. The van der Waals surface area contributed by atoms with Gasteiger partial charge in [-0.25, -0.2) is 4.98 Å². The zero-order valence-corrected chi connectivity index (χ0v) is 7.88. The smallest absolute Gasteiger partial charge is 0.102 e. The zero-order valence-electron chi connectivity index (χ0n) is 6.16. The van der Waals surface area contributed by atoms with Crippen molar-refractivity contribution in [3.05, 3.63) is 16.1 Å². The van der Waals surface area contributed by atoms with Gasteiger partial charge in [0.05, 0.1) is 5.69 Å². The first-order valence-electron chi connectivity index (χ1n) is 3.29. The van der Waals surface area contributed by atoms with Gasteiger partial charge in [-0.3, -0.25) is 0 Å². The van der Waals surface area contributed by atoms with Gasteiger partial charge in [-0.1, -0.05) is 13.8 Å². The van der Waals surface area contributed by atoms with E-state index in [4.69, 9.17) is 0 Å². The van der Waals surface area contributed by atoms with Gasteiger partial charge in [-0.05, 0) is 5.92 Å². The highest BCUT2D eigenvalue weighted by atomic mass is 32.1. The Labute approximate surface area is 70.9 Å². The summed E-state index contributed by atoms with van der Waals surface area (Å²) < 4.78 is 0. The van der Waals surface area contributed by atoms with Crippen molar-refractivity contribution in [2.75, 3.05) is 0 Å². The van der Waals surface area contributed by atoms with Gasteiger partial charge in [-0.2, -0.15) is 12.6 Å². The van der Waals surface area contributed by atoms with Crippen LogP contribution in [0.3, 0.4) is 0 Å². The first kappa shape index (κ1) is 8.08. The Morgan fingerprint density at radius 3 is 2.70 bits per heavy atom. The van der Waals surface area contributed by atoms with Crippen molar-refractivity contribution in [2.24, 2.45) is 0 Å². The van der Waals surface area contributed by atoms with Gasteiger partial charge in [0.1, 0.15) is 5.01 Å². The summed E-state index contributed by atoms with van der Waals surface area (Å²) in [5.41, 5.74) is 1.19. The van der Waals surface area contributed by atoms with Gasteiger partial charge in [0.15, 0.2) is 0 Å². The Balaban J connectivity index is 2.78. The lowest BCUT2D eigenvalue weighted by atomic mass is 10.2. The third-order valence-corrected chi connectivity index (χ3v) is 2.68. The van der Waals surface area contributed by atoms with Crippen molar-refractivity contribution in [3.8, 4) is 0 Å². The SMILES string of the molecule is CC(C)c1csc(CS)n1. The molecule has 1 aromatic heterocycles. The molecule has 0 spiro atoms. The predicted octanol–water partition coefficient (Wildman–Crippen LogP) is 2.70. The van der Waals surface area contributed by atoms with Crippen LogP contribution >= 0.6 is 24.0 Å². The minimum Gasteiger partial charge on any atom is -0.245 e. The van der Waals surface area contributed by atoms with Crippen LogP contribution in [0.5, 0.6) is 0 Å². The Bertz CT molecular complexity index is 205. The number of nitrogens with zero attached hydrogens (tertiary/aromatic N) is 1. The van der Waals surface area contributed by atoms with E-state index >= 15 is 0 Å². The largest absolute Gasteiger partial charge is 0.245 e. The van der Waals surface area contributed by atoms with Crippen molar-refractivity contribution in [1.29, 1.82) is 0 Å². The molecule has 0 bridgehead atoms. The molecule has 3 heteroatoms. The molecule has 1 aromatic rings. The summed E-state index contributed by atoms with van der Waals surface area (Å²) >= 11 is 5.83. The lowest BCUT2D eigenvalue weighted by molar-refractivity contribution is 0.828. The van der Waals surface area contributed by atoms with Crippen LogP contribution in [0.15, 0.2) is 5.38 Å². The molecule has 0 atom stereocenters. The second-order valence-electron chi connectivity index (χ2n) is 2.48. The molecule has 0 aliphatic carbocycles. The van der Waals surface area contributed by atoms with Crippen molar-refractivity contribution >= 4 is 24.0 Å². The molecule has 0 aromatic carbocycles. The van der Waals surface area contributed by atoms with Crippen LogP contribution in [0.25, 0.3) is 0 Å². The summed E-state index contributed by atoms with van der Waals surface area (Å²) in [5, 5.41) is 3.22. The van der Waals surface area contributed by atoms with Gasteiger partial charge >= 0.3 is 0 Å². The van der Waals surface area contributed by atoms with Crippen LogP contribution < -0.4 is 0 Å². The highest BCUT2D eigenvalue weighted by Gasteiger charge is 2.02. The molecule has 0 aliphatic heterocycles. The molecule has 0 fully saturated rings. The van der Waals surface area contributed by atoms with E-state index < -0.39 is 0 Å². The van der Waals surface area contributed by atoms with Gasteiger partial charge in [0, 0.05) is 11.1 Å². The summed E-state index contributed by atoms with van der Waals surface area (Å²) in [6.07, 6.45) is 0. The van der Waals surface area contributed by atoms with Crippen molar-refractivity contribution in [3.63, 3.8) is 0 Å². The highest BCUT2D eigenvalue weighted by Crippen LogP contribution is 2.18. The van der Waals surface area contributed by atoms with E-state index in [-0.39, 0.29) is 0 Å². The first-order valence-corrected chi connectivity index (χ1v) is 4.80. The van der Waals surface area contributed by atoms with Crippen molar-refractivity contribution in [1.82, 2.24) is 4.98 Å². The van der Waals surface area contributed by atoms with E-state index in [1.807, 2.05) is 0 Å². The number of aromatic nitrogens is 1. The van der Waals surface area contributed by atoms with E-state index in [2.05, 4.69) is 36.8 Å². The number of hydrogen-bond donors (Lipinski definition) is 1. The Kier molecular flexibility index (Phi) is 2.74. The average molecular weight is 173 g/mol. The maximum Gasteiger partial charge on any atom is 0.102 e. The second kappa shape index (κ2) is 3.39. The monoisotopic (exact) mass is 173 g/mol. The summed E-state index contributed by atoms with van der Waals surface area (Å²) in [5.74, 6) is 1.31. The molecule has 10 heavy (non-hydrogen) atoms. The molecule has 0 saturated carbocycles. The molecule has 0 amide bonds. The Morgan fingerprint density at radius 1 is 1.70 bits per heavy atom. The number of thiazole rings is 1. The second-order valence-corrected chi connectivity index (χ2v) is 3.74. The minimum atomic E-state index is 0.546. The minimum absolute atomic E-state index is 0.546. The van der Waals surface area contributed by atoms with Crippen LogP contribution in [0, 0.1) is 0 Å². The molecule has 0 aliphatic rings. The molecule has 56 valence electrons. The van der Waals surface area contributed by atoms with Crippen LogP contribution in [0.2, 0.25) is 0 Å². The third-order valence-electron chi connectivity index (χ3n) is 1.30. The van der Waals surface area contributed by atoms with Crippen LogP contribution in [0.1, 0.15) is 30.5 Å². The van der Waals surface area contributed by atoms with E-state index in [9.17, 15) is 0 Å². The van der Waals surface area contributed by atoms with Crippen LogP contribution in [0.4, 0.5) is 0 Å². The lowest BCUT2D eigenvalue weighted by Crippen LogP contribution is -1.86. The van der Waals surface area contributed by atoms with Crippen LogP contribution in [-0.2, 0) is 5.75 Å². The number of rotatable bonds is 2. The summed E-state index contributed by atoms with van der Waals surface area (Å²) in [6.45, 7) is 4.30. The molecule has 1 heterocycles. The van der Waals surface area contributed by atoms with E-state index in [0.717, 1.165) is 10.8 Å². The molecule has 0 radical (unpaired) electrons. The van der Waals surface area contributed by atoms with Gasteiger partial charge in [0.25, 0.3) is 0 Å². The molecule has 0 saturated heterocycles. The first-order chi connectivity index (χ1) is 4.74. The van der Waals surface area contributed by atoms with E-state index in [0.29, 0.717) is 5.92 Å². The molecule has 0 unspecified atom stereocenters. The molecular weight excluding hydrogens is 162 g/mol. The molecule has 1 nitrogen and oxygen atoms in total. The maximum atomic E-state index is 4.37. The third kappa shape index (κ3) is 1.73. The highest BCUT2D eigenvalue weighted by molar-refractivity contribution is 7.79. The molecule has 0 N–H and O–H groups in total. The fraction of sp³-hybridized carbons (Fsp3) is 0.571. The fourth-order valence-corrected chi connectivity index (χ4v) is 1.77. The Hall–Kier alpha value is -0.0200. The van der Waals surface area contributed by atoms with Gasteiger partial charge < -0.3 is 0 Å². The number of thiol groups is 1. The average Bonchev–Trinajstić information content (AvgIpc) is 2.34. The van der Waals surface area contributed by atoms with Crippen LogP contribution in [-0.4, -0.2) is 4.98 Å². The predicted molar refractivity (Wildman–Crippen MR) is 48.9 cm³/mol. The van der Waals surface area contributed by atoms with Crippen molar-refractivity contribution < 1.29 is 0 Å². The normalized spacial score (nSPS) is 10.8. The maximum absolute atomic E-state index is 4.37. The van der Waals surface area contributed by atoms with Gasteiger partial charge in [-0.15, -0.1) is 11.3 Å². The zero-order chi connectivity index (χ0) is 7.56. The lowest BCUT2D eigenvalue weighted by Gasteiger charge is -1.95. The number of hydrogen-bond acceptors (Lipinski definition) is 3. The molecule has 1 rings (SSSR count). The van der Waals surface area contributed by atoms with E-state index in [1.54, 1.807) is 11.3 Å². The topological polar surface area (TPSA) is 12.9 Å². The summed E-state index contributed by atoms with van der Waals surface area (Å²) in [6, 6.07) is 0. The quantitative estimate of drug-likeness (QED) is 0.678. The van der Waals surface area contributed by atoms with E-state index in [1.165, 1.54) is 5.69 Å². The Morgan fingerprint density at radius 2 is 2.40 bits per heavy atom. The van der Waals surface area contributed by atoms with Gasteiger partial charge in [0.2, 0.25) is 0 Å². The summed E-state index contributed by atoms with van der Waals surface area (Å²) in [4.78, 5) is 4.37.